The van der Waals surface area contributed by atoms with Gasteiger partial charge in [0, 0.05) is 28.6 Å². The van der Waals surface area contributed by atoms with Gasteiger partial charge in [0.1, 0.15) is 5.75 Å². The van der Waals surface area contributed by atoms with Gasteiger partial charge in [0.05, 0.1) is 30.0 Å². The van der Waals surface area contributed by atoms with Crippen LogP contribution in [0.4, 0.5) is 11.4 Å². The summed E-state index contributed by atoms with van der Waals surface area (Å²) in [5, 5.41) is 11.8. The number of rotatable bonds is 7. The number of fused-ring (bicyclic) bond motifs is 1. The van der Waals surface area contributed by atoms with Crippen molar-refractivity contribution in [2.24, 2.45) is 0 Å². The van der Waals surface area contributed by atoms with Crippen molar-refractivity contribution >= 4 is 46.6 Å². The minimum Gasteiger partial charge on any atom is -0.494 e. The molecule has 0 aliphatic carbocycles. The average Bonchev–Trinajstić information content (AvgIpc) is 2.70. The van der Waals surface area contributed by atoms with Crippen LogP contribution < -0.4 is 15.0 Å². The third-order valence-corrected chi connectivity index (χ3v) is 5.84. The Morgan fingerprint density at radius 1 is 1.31 bits per heavy atom. The molecule has 0 radical (unpaired) electrons. The van der Waals surface area contributed by atoms with Crippen LogP contribution in [0, 0.1) is 11.3 Å². The lowest BCUT2D eigenvalue weighted by Gasteiger charge is -2.27. The van der Waals surface area contributed by atoms with Crippen LogP contribution in [0.15, 0.2) is 47.4 Å². The summed E-state index contributed by atoms with van der Waals surface area (Å²) in [6.45, 7) is 2.71. The first-order valence-electron chi connectivity index (χ1n) is 9.19. The summed E-state index contributed by atoms with van der Waals surface area (Å²) in [6.07, 6.45) is 0.224. The first kappa shape index (κ1) is 21.0. The molecule has 3 rings (SSSR count). The SMILES string of the molecule is CCOc1ccc(N(CCC#N)C(=O)CC2Sc3ccc(Cl)cc3NC2=O)cc1. The molecule has 1 heterocycles. The lowest BCUT2D eigenvalue weighted by Crippen LogP contribution is -2.38. The van der Waals surface area contributed by atoms with E-state index in [0.717, 1.165) is 4.90 Å². The zero-order chi connectivity index (χ0) is 20.8. The van der Waals surface area contributed by atoms with E-state index in [4.69, 9.17) is 21.6 Å². The third kappa shape index (κ3) is 5.22. The third-order valence-electron chi connectivity index (χ3n) is 4.33. The van der Waals surface area contributed by atoms with Crippen molar-refractivity contribution in [1.29, 1.82) is 5.26 Å². The van der Waals surface area contributed by atoms with Gasteiger partial charge >= 0.3 is 0 Å². The number of carbonyl (C=O) groups is 2. The molecule has 0 spiro atoms. The van der Waals surface area contributed by atoms with Crippen LogP contribution >= 0.6 is 23.4 Å². The summed E-state index contributed by atoms with van der Waals surface area (Å²) in [7, 11) is 0. The van der Waals surface area contributed by atoms with Gasteiger partial charge < -0.3 is 15.0 Å². The lowest BCUT2D eigenvalue weighted by molar-refractivity contribution is -0.122. The van der Waals surface area contributed by atoms with Crippen molar-refractivity contribution < 1.29 is 14.3 Å². The fourth-order valence-electron chi connectivity index (χ4n) is 2.97. The van der Waals surface area contributed by atoms with E-state index in [1.165, 1.54) is 11.8 Å². The van der Waals surface area contributed by atoms with Crippen molar-refractivity contribution in [3.05, 3.63) is 47.5 Å². The molecule has 29 heavy (non-hydrogen) atoms. The normalized spacial score (nSPS) is 15.1. The second-order valence-electron chi connectivity index (χ2n) is 6.32. The Morgan fingerprint density at radius 2 is 2.07 bits per heavy atom. The molecule has 2 aromatic rings. The maximum atomic E-state index is 13.0. The molecule has 150 valence electrons. The first-order chi connectivity index (χ1) is 14.0. The largest absolute Gasteiger partial charge is 0.494 e. The van der Waals surface area contributed by atoms with Crippen LogP contribution in [0.25, 0.3) is 0 Å². The second kappa shape index (κ2) is 9.68. The number of amides is 2. The van der Waals surface area contributed by atoms with Gasteiger partial charge in [-0.3, -0.25) is 9.59 Å². The zero-order valence-corrected chi connectivity index (χ0v) is 17.4. The van der Waals surface area contributed by atoms with E-state index >= 15 is 0 Å². The van der Waals surface area contributed by atoms with Crippen LogP contribution in [0.1, 0.15) is 19.8 Å². The highest BCUT2D eigenvalue weighted by Gasteiger charge is 2.31. The van der Waals surface area contributed by atoms with E-state index < -0.39 is 5.25 Å². The molecule has 1 atom stereocenters. The van der Waals surface area contributed by atoms with Crippen molar-refractivity contribution in [1.82, 2.24) is 0 Å². The van der Waals surface area contributed by atoms with Gasteiger partial charge in [-0.05, 0) is 49.4 Å². The maximum Gasteiger partial charge on any atom is 0.238 e. The molecule has 2 amide bonds. The van der Waals surface area contributed by atoms with E-state index in [1.54, 1.807) is 41.3 Å². The summed E-state index contributed by atoms with van der Waals surface area (Å²) in [5.41, 5.74) is 1.33. The summed E-state index contributed by atoms with van der Waals surface area (Å²) >= 11 is 7.32. The molecule has 0 saturated carbocycles. The first-order valence-corrected chi connectivity index (χ1v) is 10.4. The summed E-state index contributed by atoms with van der Waals surface area (Å²) in [6, 6.07) is 14.5. The van der Waals surface area contributed by atoms with E-state index in [2.05, 4.69) is 11.4 Å². The molecule has 1 aliphatic heterocycles. The van der Waals surface area contributed by atoms with Crippen molar-refractivity contribution in [3.8, 4) is 11.8 Å². The zero-order valence-electron chi connectivity index (χ0n) is 15.9. The number of anilines is 2. The Kier molecular flexibility index (Phi) is 7.02. The van der Waals surface area contributed by atoms with E-state index in [9.17, 15) is 9.59 Å². The average molecular weight is 430 g/mol. The molecule has 0 fully saturated rings. The van der Waals surface area contributed by atoms with Crippen molar-refractivity contribution in [2.45, 2.75) is 29.9 Å². The van der Waals surface area contributed by atoms with Crippen LogP contribution in [-0.2, 0) is 9.59 Å². The molecule has 0 bridgehead atoms. The standard InChI is InChI=1S/C21H20ClN3O3S/c1-2-28-16-7-5-15(6-8-16)25(11-3-10-23)20(26)13-19-21(27)24-17-12-14(22)4-9-18(17)29-19/h4-9,12,19H,2-3,11,13H2,1H3,(H,24,27). The number of halogens is 1. The topological polar surface area (TPSA) is 82.4 Å². The molecular weight excluding hydrogens is 410 g/mol. The van der Waals surface area contributed by atoms with E-state index in [-0.39, 0.29) is 31.2 Å². The van der Waals surface area contributed by atoms with Gasteiger partial charge in [0.2, 0.25) is 11.8 Å². The molecule has 6 nitrogen and oxygen atoms in total. The molecule has 2 aromatic carbocycles. The van der Waals surface area contributed by atoms with Gasteiger partial charge in [-0.2, -0.15) is 5.26 Å². The number of nitrogens with zero attached hydrogens (tertiary/aromatic N) is 2. The predicted molar refractivity (Wildman–Crippen MR) is 115 cm³/mol. The number of benzene rings is 2. The predicted octanol–water partition coefficient (Wildman–Crippen LogP) is 4.49. The quantitative estimate of drug-likeness (QED) is 0.701. The summed E-state index contributed by atoms with van der Waals surface area (Å²) in [4.78, 5) is 27.9. The van der Waals surface area contributed by atoms with Crippen LogP contribution in [0.2, 0.25) is 5.02 Å². The number of ether oxygens (including phenoxy) is 1. The lowest BCUT2D eigenvalue weighted by atomic mass is 10.2. The second-order valence-corrected chi connectivity index (χ2v) is 8.00. The smallest absolute Gasteiger partial charge is 0.238 e. The van der Waals surface area contributed by atoms with Crippen LogP contribution in [-0.4, -0.2) is 30.2 Å². The molecule has 8 heteroatoms. The minimum atomic E-state index is -0.552. The number of nitrogens with one attached hydrogen (secondary N) is 1. The minimum absolute atomic E-state index is 0.0250. The van der Waals surface area contributed by atoms with E-state index in [1.807, 2.05) is 13.0 Å². The molecule has 1 unspecified atom stereocenters. The summed E-state index contributed by atoms with van der Waals surface area (Å²) < 4.78 is 5.44. The van der Waals surface area contributed by atoms with Crippen LogP contribution in [0.5, 0.6) is 5.75 Å². The molecule has 1 aliphatic rings. The van der Waals surface area contributed by atoms with Crippen molar-refractivity contribution in [3.63, 3.8) is 0 Å². The van der Waals surface area contributed by atoms with Gasteiger partial charge in [-0.15, -0.1) is 11.8 Å². The fourth-order valence-corrected chi connectivity index (χ4v) is 4.23. The molecule has 0 saturated heterocycles. The Bertz CT molecular complexity index is 943. The monoisotopic (exact) mass is 429 g/mol. The molecule has 0 aromatic heterocycles. The van der Waals surface area contributed by atoms with Crippen molar-refractivity contribution in [2.75, 3.05) is 23.4 Å². The summed E-state index contributed by atoms with van der Waals surface area (Å²) in [5.74, 6) is 0.265. The number of thioether (sulfide) groups is 1. The highest BCUT2D eigenvalue weighted by molar-refractivity contribution is 8.01. The Morgan fingerprint density at radius 3 is 2.76 bits per heavy atom. The van der Waals surface area contributed by atoms with Crippen LogP contribution in [0.3, 0.4) is 0 Å². The highest BCUT2D eigenvalue weighted by atomic mass is 35.5. The fraction of sp³-hybridized carbons (Fsp3) is 0.286. The van der Waals surface area contributed by atoms with Gasteiger partial charge in [-0.25, -0.2) is 0 Å². The molecular formula is C21H20ClN3O3S. The number of carbonyl (C=O) groups excluding carboxylic acids is 2. The number of hydrogen-bond acceptors (Lipinski definition) is 5. The maximum absolute atomic E-state index is 13.0. The Hall–Kier alpha value is -2.69. The Balaban J connectivity index is 1.75. The van der Waals surface area contributed by atoms with Gasteiger partial charge in [0.15, 0.2) is 0 Å². The number of nitriles is 1. The molecule has 1 N–H and O–H groups in total. The Labute approximate surface area is 178 Å². The number of hydrogen-bond donors (Lipinski definition) is 1. The van der Waals surface area contributed by atoms with Gasteiger partial charge in [-0.1, -0.05) is 11.6 Å². The van der Waals surface area contributed by atoms with E-state index in [0.29, 0.717) is 28.8 Å². The van der Waals surface area contributed by atoms with Gasteiger partial charge in [0.25, 0.3) is 0 Å². The highest BCUT2D eigenvalue weighted by Crippen LogP contribution is 2.38.